The Morgan fingerprint density at radius 1 is 1.13 bits per heavy atom. The van der Waals surface area contributed by atoms with Crippen LogP contribution in [-0.2, 0) is 20.2 Å². The van der Waals surface area contributed by atoms with E-state index < -0.39 is 11.5 Å². The van der Waals surface area contributed by atoms with Crippen LogP contribution in [0.2, 0.25) is 5.02 Å². The second-order valence-electron chi connectivity index (χ2n) is 8.51. The highest BCUT2D eigenvalue weighted by molar-refractivity contribution is 6.31. The Morgan fingerprint density at radius 3 is 2.64 bits per heavy atom. The number of benzene rings is 1. The Kier molecular flexibility index (Phi) is 8.41. The average Bonchev–Trinajstić information content (AvgIpc) is 3.35. The smallest absolute Gasteiger partial charge is 0.341 e. The summed E-state index contributed by atoms with van der Waals surface area (Å²) < 4.78 is 9.36. The van der Waals surface area contributed by atoms with E-state index in [2.05, 4.69) is 10.1 Å². The number of aryl methyl sites for hydroxylation is 2. The molecule has 0 aliphatic heterocycles. The van der Waals surface area contributed by atoms with E-state index >= 15 is 0 Å². The summed E-state index contributed by atoms with van der Waals surface area (Å²) in [4.78, 5) is 32.9. The first-order valence-electron chi connectivity index (χ1n) is 12.4. The molecule has 200 valence electrons. The Morgan fingerprint density at radius 2 is 1.92 bits per heavy atom. The summed E-state index contributed by atoms with van der Waals surface area (Å²) in [7, 11) is 1.89. The Labute approximate surface area is 230 Å². The minimum Gasteiger partial charge on any atom is -0.487 e. The molecule has 0 aliphatic carbocycles. The lowest BCUT2D eigenvalue weighted by molar-refractivity contribution is 0.0694. The number of nitrogens with zero attached hydrogens (tertiary/aromatic N) is 5. The van der Waals surface area contributed by atoms with Crippen LogP contribution in [0.3, 0.4) is 0 Å². The van der Waals surface area contributed by atoms with Gasteiger partial charge in [-0.15, -0.1) is 0 Å². The molecule has 9 nitrogen and oxygen atoms in total. The van der Waals surface area contributed by atoms with Gasteiger partial charge in [0.05, 0.1) is 17.3 Å². The number of carboxylic acid groups (broad SMARTS) is 1. The van der Waals surface area contributed by atoms with Gasteiger partial charge < -0.3 is 14.4 Å². The SMILES string of the molecule is CC.Cc1cc(-c2ccnn2C)c2cccc(OCc3c(Cl)cncc3Cn3cccc(C(=O)O)c3=O)c2n1. The largest absolute Gasteiger partial charge is 0.487 e. The van der Waals surface area contributed by atoms with Crippen LogP contribution >= 0.6 is 11.6 Å². The Balaban J connectivity index is 0.00000172. The molecule has 0 unspecified atom stereocenters. The first-order chi connectivity index (χ1) is 18.8. The summed E-state index contributed by atoms with van der Waals surface area (Å²) in [6.07, 6.45) is 6.38. The van der Waals surface area contributed by atoms with E-state index in [1.54, 1.807) is 12.4 Å². The van der Waals surface area contributed by atoms with Crippen LogP contribution in [0.1, 0.15) is 41.0 Å². The summed E-state index contributed by atoms with van der Waals surface area (Å²) in [5.74, 6) is -0.704. The lowest BCUT2D eigenvalue weighted by Gasteiger charge is -2.16. The van der Waals surface area contributed by atoms with Crippen molar-refractivity contribution in [1.82, 2.24) is 24.3 Å². The first-order valence-corrected chi connectivity index (χ1v) is 12.8. The van der Waals surface area contributed by atoms with Crippen molar-refractivity contribution < 1.29 is 14.6 Å². The number of hydrogen-bond acceptors (Lipinski definition) is 6. The van der Waals surface area contributed by atoms with Crippen molar-refractivity contribution >= 4 is 28.5 Å². The molecular weight excluding hydrogens is 518 g/mol. The van der Waals surface area contributed by atoms with Crippen molar-refractivity contribution in [2.45, 2.75) is 33.9 Å². The van der Waals surface area contributed by atoms with Gasteiger partial charge >= 0.3 is 5.97 Å². The van der Waals surface area contributed by atoms with Crippen molar-refractivity contribution in [2.75, 3.05) is 0 Å². The summed E-state index contributed by atoms with van der Waals surface area (Å²) in [5, 5.41) is 14.9. The van der Waals surface area contributed by atoms with Gasteiger partial charge in [0.15, 0.2) is 0 Å². The van der Waals surface area contributed by atoms with E-state index in [0.29, 0.717) is 27.4 Å². The molecule has 4 heterocycles. The van der Waals surface area contributed by atoms with Crippen LogP contribution in [0.25, 0.3) is 22.2 Å². The molecule has 1 aromatic carbocycles. The average molecular weight is 546 g/mol. The zero-order chi connectivity index (χ0) is 28.1. The molecule has 0 bridgehead atoms. The number of rotatable bonds is 7. The van der Waals surface area contributed by atoms with Crippen LogP contribution < -0.4 is 10.3 Å². The van der Waals surface area contributed by atoms with Gasteiger partial charge in [-0.1, -0.05) is 37.6 Å². The van der Waals surface area contributed by atoms with Crippen molar-refractivity contribution in [2.24, 2.45) is 7.05 Å². The van der Waals surface area contributed by atoms with Gasteiger partial charge in [0.2, 0.25) is 0 Å². The van der Waals surface area contributed by atoms with Gasteiger partial charge in [-0.2, -0.15) is 5.10 Å². The summed E-state index contributed by atoms with van der Waals surface area (Å²) in [5.41, 5.74) is 3.85. The third kappa shape index (κ3) is 5.68. The topological polar surface area (TPSA) is 112 Å². The van der Waals surface area contributed by atoms with Gasteiger partial charge in [-0.3, -0.25) is 14.5 Å². The molecule has 0 radical (unpaired) electrons. The molecule has 10 heteroatoms. The molecule has 0 amide bonds. The molecule has 1 N–H and O–H groups in total. The van der Waals surface area contributed by atoms with Gasteiger partial charge in [0, 0.05) is 54.0 Å². The third-order valence-electron chi connectivity index (χ3n) is 6.08. The number of carboxylic acids is 1. The Bertz CT molecular complexity index is 1710. The van der Waals surface area contributed by atoms with E-state index in [9.17, 15) is 14.7 Å². The minimum absolute atomic E-state index is 0.0870. The highest BCUT2D eigenvalue weighted by atomic mass is 35.5. The normalized spacial score (nSPS) is 10.7. The first kappa shape index (κ1) is 27.5. The van der Waals surface area contributed by atoms with Gasteiger partial charge in [0.1, 0.15) is 23.4 Å². The molecule has 5 rings (SSSR count). The maximum absolute atomic E-state index is 12.6. The highest BCUT2D eigenvalue weighted by Gasteiger charge is 2.16. The number of halogens is 1. The molecule has 4 aromatic heterocycles. The predicted octanol–water partition coefficient (Wildman–Crippen LogP) is 5.51. The van der Waals surface area contributed by atoms with E-state index in [1.807, 2.05) is 62.8 Å². The lowest BCUT2D eigenvalue weighted by Crippen LogP contribution is -2.26. The van der Waals surface area contributed by atoms with E-state index in [0.717, 1.165) is 22.3 Å². The van der Waals surface area contributed by atoms with Crippen molar-refractivity contribution in [1.29, 1.82) is 0 Å². The van der Waals surface area contributed by atoms with Crippen LogP contribution in [0, 0.1) is 6.92 Å². The molecule has 5 aromatic rings. The molecule has 0 spiro atoms. The monoisotopic (exact) mass is 545 g/mol. The summed E-state index contributed by atoms with van der Waals surface area (Å²) in [6.45, 7) is 6.11. The number of fused-ring (bicyclic) bond motifs is 1. The quantitative estimate of drug-likeness (QED) is 0.287. The summed E-state index contributed by atoms with van der Waals surface area (Å²) >= 11 is 6.49. The number of aromatic carboxylic acids is 1. The highest BCUT2D eigenvalue weighted by Crippen LogP contribution is 2.33. The van der Waals surface area contributed by atoms with Crippen molar-refractivity contribution in [3.05, 3.63) is 105 Å². The molecule has 0 atom stereocenters. The molecular formula is C29H28ClN5O4. The molecule has 0 saturated carbocycles. The van der Waals surface area contributed by atoms with Crippen molar-refractivity contribution in [3.8, 4) is 17.0 Å². The summed E-state index contributed by atoms with van der Waals surface area (Å²) in [6, 6.07) is 12.5. The molecule has 0 aliphatic rings. The van der Waals surface area contributed by atoms with Crippen LogP contribution in [-0.4, -0.2) is 35.4 Å². The van der Waals surface area contributed by atoms with Crippen LogP contribution in [0.15, 0.2) is 72.0 Å². The zero-order valence-corrected chi connectivity index (χ0v) is 22.8. The molecule has 39 heavy (non-hydrogen) atoms. The predicted molar refractivity (Wildman–Crippen MR) is 150 cm³/mol. The van der Waals surface area contributed by atoms with E-state index in [-0.39, 0.29) is 18.7 Å². The van der Waals surface area contributed by atoms with Gasteiger partial charge in [-0.05, 0) is 42.8 Å². The fourth-order valence-electron chi connectivity index (χ4n) is 4.27. The maximum Gasteiger partial charge on any atom is 0.341 e. The zero-order valence-electron chi connectivity index (χ0n) is 22.1. The minimum atomic E-state index is -1.28. The van der Waals surface area contributed by atoms with Gasteiger partial charge in [-0.25, -0.2) is 9.78 Å². The number of hydrogen-bond donors (Lipinski definition) is 1. The molecule has 0 fully saturated rings. The number of ether oxygens (including phenoxy) is 1. The second kappa shape index (κ2) is 11.9. The fraction of sp³-hybridized carbons (Fsp3) is 0.207. The number of aromatic nitrogens is 5. The van der Waals surface area contributed by atoms with Crippen molar-refractivity contribution in [3.63, 3.8) is 0 Å². The van der Waals surface area contributed by atoms with Gasteiger partial charge in [0.25, 0.3) is 5.56 Å². The number of para-hydroxylation sites is 1. The Hall–Kier alpha value is -4.50. The standard InChI is InChI=1S/C27H22ClN5O4.C2H6/c1-16-11-20(23-8-9-30-32(23)2)18-5-3-7-24(25(18)31-16)37-15-21-17(12-29-13-22(21)28)14-33-10-4-6-19(26(33)34)27(35)36;1-2/h3-13H,14-15H2,1-2H3,(H,35,36);1-2H3. The van der Waals surface area contributed by atoms with E-state index in [1.165, 1.54) is 29.1 Å². The molecule has 0 saturated heterocycles. The van der Waals surface area contributed by atoms with Crippen LogP contribution in [0.4, 0.5) is 0 Å². The third-order valence-corrected chi connectivity index (χ3v) is 6.41. The lowest BCUT2D eigenvalue weighted by atomic mass is 10.0. The number of pyridine rings is 3. The second-order valence-corrected chi connectivity index (χ2v) is 8.92. The fourth-order valence-corrected chi connectivity index (χ4v) is 4.51. The number of carbonyl (C=O) groups is 1. The van der Waals surface area contributed by atoms with E-state index in [4.69, 9.17) is 21.3 Å². The van der Waals surface area contributed by atoms with Crippen LogP contribution in [0.5, 0.6) is 5.75 Å². The maximum atomic E-state index is 12.6.